The minimum absolute atomic E-state index is 0.207. The predicted molar refractivity (Wildman–Crippen MR) is 98.7 cm³/mol. The first-order valence-corrected chi connectivity index (χ1v) is 8.10. The highest BCUT2D eigenvalue weighted by atomic mass is 16.4. The maximum Gasteiger partial charge on any atom is 0.336 e. The molecule has 1 aromatic carbocycles. The maximum absolute atomic E-state index is 11.6. The van der Waals surface area contributed by atoms with Gasteiger partial charge in [-0.05, 0) is 29.3 Å². The molecule has 0 aliphatic rings. The third-order valence-electron chi connectivity index (χ3n) is 3.95. The summed E-state index contributed by atoms with van der Waals surface area (Å²) in [4.78, 5) is 33.0. The van der Waals surface area contributed by atoms with Gasteiger partial charge in [0.1, 0.15) is 11.4 Å². The van der Waals surface area contributed by atoms with Gasteiger partial charge in [0, 0.05) is 24.8 Å². The maximum atomic E-state index is 11.6. The van der Waals surface area contributed by atoms with E-state index in [1.165, 1.54) is 0 Å². The summed E-state index contributed by atoms with van der Waals surface area (Å²) in [6, 6.07) is 10.4. The van der Waals surface area contributed by atoms with E-state index in [0.29, 0.717) is 33.9 Å². The number of benzene rings is 1. The lowest BCUT2D eigenvalue weighted by Crippen LogP contribution is -2.00. The zero-order valence-electron chi connectivity index (χ0n) is 14.0. The van der Waals surface area contributed by atoms with Gasteiger partial charge in [0.2, 0.25) is 0 Å². The van der Waals surface area contributed by atoms with Gasteiger partial charge in [-0.25, -0.2) is 9.78 Å². The van der Waals surface area contributed by atoms with E-state index in [-0.39, 0.29) is 5.56 Å². The van der Waals surface area contributed by atoms with E-state index < -0.39 is 5.97 Å². The summed E-state index contributed by atoms with van der Waals surface area (Å²) < 4.78 is 0. The molecule has 3 heterocycles. The van der Waals surface area contributed by atoms with Crippen molar-refractivity contribution in [3.05, 3.63) is 79.1 Å². The van der Waals surface area contributed by atoms with Gasteiger partial charge in [0.25, 0.3) is 0 Å². The normalized spacial score (nSPS) is 10.5. The van der Waals surface area contributed by atoms with Gasteiger partial charge in [-0.3, -0.25) is 19.9 Å². The lowest BCUT2D eigenvalue weighted by molar-refractivity contribution is 0.0697. The second kappa shape index (κ2) is 7.09. The third kappa shape index (κ3) is 3.38. The highest BCUT2D eigenvalue weighted by molar-refractivity contribution is 5.96. The Hall–Kier alpha value is -4.00. The number of hydrogen-bond acceptors (Lipinski definition) is 6. The van der Waals surface area contributed by atoms with E-state index in [2.05, 4.69) is 24.9 Å². The van der Waals surface area contributed by atoms with Gasteiger partial charge < -0.3 is 5.11 Å². The van der Waals surface area contributed by atoms with Crippen molar-refractivity contribution >= 4 is 5.97 Å². The summed E-state index contributed by atoms with van der Waals surface area (Å²) >= 11 is 0. The molecule has 3 aromatic heterocycles. The lowest BCUT2D eigenvalue weighted by atomic mass is 9.98. The number of carbonyl (C=O) groups is 1. The molecule has 0 fully saturated rings. The van der Waals surface area contributed by atoms with Gasteiger partial charge in [-0.1, -0.05) is 18.2 Å². The van der Waals surface area contributed by atoms with Crippen LogP contribution in [0.4, 0.5) is 0 Å². The first-order chi connectivity index (χ1) is 13.2. The second-order valence-corrected chi connectivity index (χ2v) is 5.66. The van der Waals surface area contributed by atoms with Crippen molar-refractivity contribution in [1.29, 1.82) is 0 Å². The minimum Gasteiger partial charge on any atom is -0.478 e. The number of aromatic nitrogens is 5. The van der Waals surface area contributed by atoms with Gasteiger partial charge in [0.05, 0.1) is 29.3 Å². The second-order valence-electron chi connectivity index (χ2n) is 5.66. The van der Waals surface area contributed by atoms with Crippen LogP contribution >= 0.6 is 0 Å². The molecule has 27 heavy (non-hydrogen) atoms. The molecule has 0 radical (unpaired) electrons. The number of carboxylic acid groups (broad SMARTS) is 1. The highest BCUT2D eigenvalue weighted by Gasteiger charge is 2.15. The quantitative estimate of drug-likeness (QED) is 0.599. The van der Waals surface area contributed by atoms with E-state index in [4.69, 9.17) is 0 Å². The lowest BCUT2D eigenvalue weighted by Gasteiger charge is -2.10. The van der Waals surface area contributed by atoms with Crippen molar-refractivity contribution in [1.82, 2.24) is 24.9 Å². The molecule has 0 unspecified atom stereocenters. The summed E-state index contributed by atoms with van der Waals surface area (Å²) in [7, 11) is 0. The Kier molecular flexibility index (Phi) is 4.32. The molecule has 0 aliphatic carbocycles. The van der Waals surface area contributed by atoms with Crippen LogP contribution in [0.5, 0.6) is 0 Å². The smallest absolute Gasteiger partial charge is 0.336 e. The van der Waals surface area contributed by atoms with Crippen molar-refractivity contribution in [2.24, 2.45) is 0 Å². The largest absolute Gasteiger partial charge is 0.478 e. The fourth-order valence-corrected chi connectivity index (χ4v) is 2.73. The van der Waals surface area contributed by atoms with Gasteiger partial charge in [0.15, 0.2) is 0 Å². The molecule has 4 rings (SSSR count). The van der Waals surface area contributed by atoms with E-state index in [0.717, 1.165) is 0 Å². The first-order valence-electron chi connectivity index (χ1n) is 8.10. The molecule has 0 amide bonds. The molecule has 130 valence electrons. The Balaban J connectivity index is 1.96. The van der Waals surface area contributed by atoms with Crippen LogP contribution in [-0.4, -0.2) is 36.0 Å². The zero-order chi connectivity index (χ0) is 18.6. The fourth-order valence-electron chi connectivity index (χ4n) is 2.73. The van der Waals surface area contributed by atoms with Crippen LogP contribution in [0.15, 0.2) is 73.6 Å². The predicted octanol–water partition coefficient (Wildman–Crippen LogP) is 3.36. The number of hydrogen-bond donors (Lipinski definition) is 1. The molecular formula is C20H13N5O2. The average molecular weight is 355 g/mol. The highest BCUT2D eigenvalue weighted by Crippen LogP contribution is 2.30. The van der Waals surface area contributed by atoms with Gasteiger partial charge in [-0.15, -0.1) is 0 Å². The number of nitrogens with zero attached hydrogens (tertiary/aromatic N) is 5. The van der Waals surface area contributed by atoms with Crippen molar-refractivity contribution < 1.29 is 9.90 Å². The number of pyridine rings is 1. The molecule has 0 saturated heterocycles. The van der Waals surface area contributed by atoms with Crippen molar-refractivity contribution in [3.63, 3.8) is 0 Å². The monoisotopic (exact) mass is 355 g/mol. The van der Waals surface area contributed by atoms with Crippen LogP contribution in [-0.2, 0) is 0 Å². The molecule has 4 aromatic rings. The number of carboxylic acids is 1. The number of rotatable bonds is 4. The summed E-state index contributed by atoms with van der Waals surface area (Å²) in [6.45, 7) is 0. The van der Waals surface area contributed by atoms with E-state index in [9.17, 15) is 9.90 Å². The van der Waals surface area contributed by atoms with Crippen LogP contribution < -0.4 is 0 Å². The third-order valence-corrected chi connectivity index (χ3v) is 3.95. The Bertz CT molecular complexity index is 1040. The number of aromatic carboxylic acids is 1. The van der Waals surface area contributed by atoms with Crippen LogP contribution in [0.2, 0.25) is 0 Å². The minimum atomic E-state index is -0.996. The molecule has 7 nitrogen and oxygen atoms in total. The molecule has 0 aliphatic heterocycles. The van der Waals surface area contributed by atoms with Crippen molar-refractivity contribution in [2.75, 3.05) is 0 Å². The topological polar surface area (TPSA) is 102 Å². The molecule has 0 bridgehead atoms. The average Bonchev–Trinajstić information content (AvgIpc) is 2.74. The standard InChI is InChI=1S/C20H13N5O2/c26-20(27)15-4-2-1-3-14(15)13-9-16(18-11-21-5-7-23-18)25-17(10-13)19-12-22-6-8-24-19/h1-12H,(H,26,27). The van der Waals surface area contributed by atoms with Crippen LogP contribution in [0.1, 0.15) is 10.4 Å². The molecule has 0 spiro atoms. The molecule has 0 saturated carbocycles. The van der Waals surface area contributed by atoms with Crippen LogP contribution in [0, 0.1) is 0 Å². The van der Waals surface area contributed by atoms with Crippen LogP contribution in [0.25, 0.3) is 33.9 Å². The molecule has 7 heteroatoms. The molecule has 1 N–H and O–H groups in total. The molecule has 0 atom stereocenters. The summed E-state index contributed by atoms with van der Waals surface area (Å²) in [5, 5.41) is 9.54. The Morgan fingerprint density at radius 2 is 1.37 bits per heavy atom. The summed E-state index contributed by atoms with van der Waals surface area (Å²) in [5.41, 5.74) is 3.79. The van der Waals surface area contributed by atoms with Gasteiger partial charge in [-0.2, -0.15) is 0 Å². The zero-order valence-corrected chi connectivity index (χ0v) is 14.0. The van der Waals surface area contributed by atoms with Crippen molar-refractivity contribution in [2.45, 2.75) is 0 Å². The Morgan fingerprint density at radius 3 is 1.89 bits per heavy atom. The van der Waals surface area contributed by atoms with E-state index in [1.807, 2.05) is 0 Å². The summed E-state index contributed by atoms with van der Waals surface area (Å²) in [5.74, 6) is -0.996. The SMILES string of the molecule is O=C(O)c1ccccc1-c1cc(-c2cnccn2)nc(-c2cnccn2)c1. The van der Waals surface area contributed by atoms with Crippen molar-refractivity contribution in [3.8, 4) is 33.9 Å². The Morgan fingerprint density at radius 1 is 0.778 bits per heavy atom. The van der Waals surface area contributed by atoms with Gasteiger partial charge >= 0.3 is 5.97 Å². The van der Waals surface area contributed by atoms with E-state index in [1.54, 1.807) is 73.6 Å². The van der Waals surface area contributed by atoms with Crippen LogP contribution in [0.3, 0.4) is 0 Å². The fraction of sp³-hybridized carbons (Fsp3) is 0. The van der Waals surface area contributed by atoms with E-state index >= 15 is 0 Å². The Labute approximate surface area is 154 Å². The first kappa shape index (κ1) is 16.5. The summed E-state index contributed by atoms with van der Waals surface area (Å²) in [6.07, 6.45) is 9.53. The molecular weight excluding hydrogens is 342 g/mol.